The molecule has 0 aliphatic carbocycles. The van der Waals surface area contributed by atoms with Crippen LogP contribution in [0.1, 0.15) is 23.2 Å². The van der Waals surface area contributed by atoms with Crippen LogP contribution in [0.3, 0.4) is 0 Å². The Morgan fingerprint density at radius 2 is 2.19 bits per heavy atom. The Morgan fingerprint density at radius 3 is 2.71 bits per heavy atom. The van der Waals surface area contributed by atoms with E-state index in [2.05, 4.69) is 5.32 Å². The molecule has 0 saturated carbocycles. The molecule has 0 unspecified atom stereocenters. The highest BCUT2D eigenvalue weighted by Gasteiger charge is 2.23. The summed E-state index contributed by atoms with van der Waals surface area (Å²) in [5.74, 6) is -0.0782. The van der Waals surface area contributed by atoms with Gasteiger partial charge in [-0.3, -0.25) is 14.9 Å². The van der Waals surface area contributed by atoms with Crippen LogP contribution in [-0.2, 0) is 0 Å². The fourth-order valence-corrected chi connectivity index (χ4v) is 2.35. The molecule has 116 valence electrons. The number of ether oxygens (including phenoxy) is 1. The van der Waals surface area contributed by atoms with Crippen molar-refractivity contribution in [2.24, 2.45) is 5.73 Å². The van der Waals surface area contributed by atoms with Crippen LogP contribution in [0.2, 0.25) is 0 Å². The van der Waals surface area contributed by atoms with Crippen LogP contribution in [0.5, 0.6) is 5.75 Å². The Hall–Kier alpha value is -1.80. The standard InChI is InChI=1S/C13H19N3O4S/c1-20-11-8-10(16(18)19)9(7-12(11)21-2)13(17)15-6-4-3-5-14/h7-8H,3-6,14H2,1-2H3,(H,15,17). The maximum Gasteiger partial charge on any atom is 0.285 e. The summed E-state index contributed by atoms with van der Waals surface area (Å²) in [4.78, 5) is 23.3. The topological polar surface area (TPSA) is 107 Å². The first-order chi connectivity index (χ1) is 10.0. The summed E-state index contributed by atoms with van der Waals surface area (Å²) in [6, 6.07) is 2.76. The molecule has 0 fully saturated rings. The number of carbonyl (C=O) groups excluding carboxylic acids is 1. The molecule has 0 aliphatic heterocycles. The first-order valence-corrected chi connectivity index (χ1v) is 7.66. The fraction of sp³-hybridized carbons (Fsp3) is 0.462. The minimum atomic E-state index is -0.582. The molecule has 0 atom stereocenters. The Morgan fingerprint density at radius 1 is 1.48 bits per heavy atom. The lowest BCUT2D eigenvalue weighted by Crippen LogP contribution is -2.25. The molecule has 0 radical (unpaired) electrons. The zero-order chi connectivity index (χ0) is 15.8. The van der Waals surface area contributed by atoms with Gasteiger partial charge in [-0.2, -0.15) is 0 Å². The number of hydrogen-bond acceptors (Lipinski definition) is 6. The van der Waals surface area contributed by atoms with Crippen molar-refractivity contribution < 1.29 is 14.5 Å². The molecule has 0 heterocycles. The lowest BCUT2D eigenvalue weighted by Gasteiger charge is -2.10. The first-order valence-electron chi connectivity index (χ1n) is 6.43. The van der Waals surface area contributed by atoms with Crippen molar-refractivity contribution >= 4 is 23.4 Å². The van der Waals surface area contributed by atoms with Crippen LogP contribution in [0.15, 0.2) is 17.0 Å². The summed E-state index contributed by atoms with van der Waals surface area (Å²) in [7, 11) is 1.44. The van der Waals surface area contributed by atoms with Crippen LogP contribution in [-0.4, -0.2) is 37.3 Å². The largest absolute Gasteiger partial charge is 0.495 e. The van der Waals surface area contributed by atoms with Gasteiger partial charge in [0.2, 0.25) is 0 Å². The second-order valence-electron chi connectivity index (χ2n) is 4.23. The average molecular weight is 313 g/mol. The zero-order valence-electron chi connectivity index (χ0n) is 12.0. The van der Waals surface area contributed by atoms with Gasteiger partial charge in [-0.05, 0) is 31.7 Å². The molecule has 3 N–H and O–H groups in total. The number of benzene rings is 1. The molecule has 8 heteroatoms. The molecule has 21 heavy (non-hydrogen) atoms. The summed E-state index contributed by atoms with van der Waals surface area (Å²) >= 11 is 1.36. The van der Waals surface area contributed by atoms with Crippen molar-refractivity contribution in [1.29, 1.82) is 0 Å². The number of unbranched alkanes of at least 4 members (excludes halogenated alkanes) is 1. The number of methoxy groups -OCH3 is 1. The quantitative estimate of drug-likeness (QED) is 0.328. The normalized spacial score (nSPS) is 10.2. The highest BCUT2D eigenvalue weighted by atomic mass is 32.2. The third-order valence-electron chi connectivity index (χ3n) is 2.86. The number of nitrogens with zero attached hydrogens (tertiary/aromatic N) is 1. The van der Waals surface area contributed by atoms with Gasteiger partial charge in [0.15, 0.2) is 0 Å². The van der Waals surface area contributed by atoms with Crippen LogP contribution in [0.4, 0.5) is 5.69 Å². The molecule has 1 rings (SSSR count). The Kier molecular flexibility index (Phi) is 6.97. The Labute approximate surface area is 127 Å². The molecule has 0 aliphatic rings. The lowest BCUT2D eigenvalue weighted by molar-refractivity contribution is -0.385. The van der Waals surface area contributed by atoms with Gasteiger partial charge in [0.1, 0.15) is 11.3 Å². The molecule has 1 aromatic rings. The van der Waals surface area contributed by atoms with Gasteiger partial charge in [0.25, 0.3) is 11.6 Å². The fourth-order valence-electron chi connectivity index (χ4n) is 1.77. The summed E-state index contributed by atoms with van der Waals surface area (Å²) < 4.78 is 5.10. The van der Waals surface area contributed by atoms with E-state index in [1.807, 2.05) is 6.26 Å². The minimum absolute atomic E-state index is 0.0397. The molecular weight excluding hydrogens is 294 g/mol. The van der Waals surface area contributed by atoms with E-state index < -0.39 is 10.8 Å². The van der Waals surface area contributed by atoms with E-state index in [1.54, 1.807) is 0 Å². The molecule has 0 saturated heterocycles. The molecule has 7 nitrogen and oxygen atoms in total. The first kappa shape index (κ1) is 17.3. The van der Waals surface area contributed by atoms with Gasteiger partial charge in [0.05, 0.1) is 23.0 Å². The van der Waals surface area contributed by atoms with Gasteiger partial charge < -0.3 is 15.8 Å². The van der Waals surface area contributed by atoms with Crippen molar-refractivity contribution in [2.75, 3.05) is 26.5 Å². The van der Waals surface area contributed by atoms with Crippen LogP contribution >= 0.6 is 11.8 Å². The van der Waals surface area contributed by atoms with E-state index >= 15 is 0 Å². The monoisotopic (exact) mass is 313 g/mol. The van der Waals surface area contributed by atoms with E-state index in [4.69, 9.17) is 10.5 Å². The van der Waals surface area contributed by atoms with E-state index in [-0.39, 0.29) is 11.3 Å². The van der Waals surface area contributed by atoms with Crippen molar-refractivity contribution in [3.8, 4) is 5.75 Å². The average Bonchev–Trinajstić information content (AvgIpc) is 2.49. The number of nitrogens with two attached hydrogens (primary N) is 1. The molecular formula is C13H19N3O4S. The molecule has 0 aromatic heterocycles. The highest BCUT2D eigenvalue weighted by molar-refractivity contribution is 7.98. The van der Waals surface area contributed by atoms with Gasteiger partial charge in [0, 0.05) is 6.54 Å². The number of thioether (sulfide) groups is 1. The van der Waals surface area contributed by atoms with Crippen LogP contribution in [0, 0.1) is 10.1 Å². The van der Waals surface area contributed by atoms with E-state index in [9.17, 15) is 14.9 Å². The van der Waals surface area contributed by atoms with Gasteiger partial charge in [-0.1, -0.05) is 0 Å². The second-order valence-corrected chi connectivity index (χ2v) is 5.08. The van der Waals surface area contributed by atoms with Crippen molar-refractivity contribution in [2.45, 2.75) is 17.7 Å². The molecule has 1 amide bonds. The Bertz CT molecular complexity index is 522. The number of nitro groups is 1. The maximum absolute atomic E-state index is 12.1. The molecule has 1 aromatic carbocycles. The third kappa shape index (κ3) is 4.61. The van der Waals surface area contributed by atoms with Crippen LogP contribution in [0.25, 0.3) is 0 Å². The van der Waals surface area contributed by atoms with Gasteiger partial charge in [-0.25, -0.2) is 0 Å². The molecule has 0 bridgehead atoms. The number of amides is 1. The van der Waals surface area contributed by atoms with Gasteiger partial charge in [-0.15, -0.1) is 11.8 Å². The number of hydrogen-bond donors (Lipinski definition) is 2. The second kappa shape index (κ2) is 8.48. The summed E-state index contributed by atoms with van der Waals surface area (Å²) in [5.41, 5.74) is 5.15. The predicted octanol–water partition coefficient (Wildman–Crippen LogP) is 1.79. The summed E-state index contributed by atoms with van der Waals surface area (Å²) in [6.07, 6.45) is 3.34. The number of nitro benzene ring substituents is 1. The smallest absolute Gasteiger partial charge is 0.285 e. The van der Waals surface area contributed by atoms with Crippen molar-refractivity contribution in [1.82, 2.24) is 5.32 Å². The lowest BCUT2D eigenvalue weighted by atomic mass is 10.1. The van der Waals surface area contributed by atoms with Crippen LogP contribution < -0.4 is 15.8 Å². The SMILES string of the molecule is COc1cc([N+](=O)[O-])c(C(=O)NCCCCN)cc1SC. The number of nitrogens with one attached hydrogen (secondary N) is 1. The van der Waals surface area contributed by atoms with E-state index in [1.165, 1.54) is 31.0 Å². The highest BCUT2D eigenvalue weighted by Crippen LogP contribution is 2.34. The molecule has 0 spiro atoms. The van der Waals surface area contributed by atoms with E-state index in [0.29, 0.717) is 23.7 Å². The summed E-state index contributed by atoms with van der Waals surface area (Å²) in [6.45, 7) is 0.989. The number of carbonyl (C=O) groups is 1. The Balaban J connectivity index is 3.03. The number of rotatable bonds is 8. The third-order valence-corrected chi connectivity index (χ3v) is 3.62. The zero-order valence-corrected chi connectivity index (χ0v) is 12.9. The summed E-state index contributed by atoms with van der Waals surface area (Å²) in [5, 5.41) is 13.8. The van der Waals surface area contributed by atoms with Crippen molar-refractivity contribution in [3.05, 3.63) is 27.8 Å². The predicted molar refractivity (Wildman–Crippen MR) is 82.1 cm³/mol. The van der Waals surface area contributed by atoms with Crippen molar-refractivity contribution in [3.63, 3.8) is 0 Å². The van der Waals surface area contributed by atoms with E-state index in [0.717, 1.165) is 12.8 Å². The maximum atomic E-state index is 12.1. The van der Waals surface area contributed by atoms with Gasteiger partial charge >= 0.3 is 0 Å². The minimum Gasteiger partial charge on any atom is -0.495 e.